The molecule has 2 unspecified atom stereocenters. The number of carboxylic acid groups (broad SMARTS) is 1. The van der Waals surface area contributed by atoms with Crippen LogP contribution in [0, 0.1) is 17.8 Å². The van der Waals surface area contributed by atoms with Gasteiger partial charge in [0.05, 0.1) is 12.7 Å². The van der Waals surface area contributed by atoms with Gasteiger partial charge in [-0.25, -0.2) is 4.79 Å². The largest absolute Gasteiger partial charge is 0.479 e. The van der Waals surface area contributed by atoms with E-state index in [4.69, 9.17) is 9.47 Å². The fraction of sp³-hybridized carbons (Fsp3) is 0.800. The normalized spacial score (nSPS) is 34.4. The molecule has 0 aliphatic carbocycles. The van der Waals surface area contributed by atoms with Crippen LogP contribution in [0.15, 0.2) is 12.2 Å². The minimum absolute atomic E-state index is 0.0211. The van der Waals surface area contributed by atoms with E-state index in [1.165, 1.54) is 0 Å². The minimum atomic E-state index is -1.17. The van der Waals surface area contributed by atoms with Gasteiger partial charge in [-0.2, -0.15) is 0 Å². The summed E-state index contributed by atoms with van der Waals surface area (Å²) in [6.07, 6.45) is 6.13. The van der Waals surface area contributed by atoms with E-state index in [9.17, 15) is 14.7 Å². The number of ether oxygens (including phenoxy) is 2. The average molecular weight is 352 g/mol. The van der Waals surface area contributed by atoms with Crippen molar-refractivity contribution in [1.82, 2.24) is 0 Å². The Bertz CT molecular complexity index is 540. The SMILES string of the molecule is CC(C/C=C/[C@]1(C)OC[C@]2(C(=O)O)CC[C@H]1O2)C(=O)CC(C)C(C)C. The number of aliphatic carboxylic acids is 1. The molecule has 2 aliphatic heterocycles. The zero-order valence-corrected chi connectivity index (χ0v) is 16.1. The Morgan fingerprint density at radius 1 is 1.28 bits per heavy atom. The van der Waals surface area contributed by atoms with Gasteiger partial charge in [-0.3, -0.25) is 4.79 Å². The summed E-state index contributed by atoms with van der Waals surface area (Å²) in [6, 6.07) is 0. The molecule has 2 rings (SSSR count). The number of Topliss-reactive ketones (excluding diaryl/α,β-unsaturated/α-hetero) is 1. The molecule has 0 amide bonds. The number of hydrogen-bond acceptors (Lipinski definition) is 4. The lowest BCUT2D eigenvalue weighted by atomic mass is 9.87. The fourth-order valence-electron chi connectivity index (χ4n) is 3.40. The van der Waals surface area contributed by atoms with Crippen LogP contribution in [0.1, 0.15) is 60.3 Å². The van der Waals surface area contributed by atoms with Gasteiger partial charge < -0.3 is 14.6 Å². The van der Waals surface area contributed by atoms with Crippen LogP contribution in [0.2, 0.25) is 0 Å². The zero-order chi connectivity index (χ0) is 18.8. The first kappa shape index (κ1) is 20.1. The predicted octanol–water partition coefficient (Wildman–Crippen LogP) is 3.61. The number of rotatable bonds is 8. The van der Waals surface area contributed by atoms with Crippen molar-refractivity contribution < 1.29 is 24.2 Å². The van der Waals surface area contributed by atoms with Crippen molar-refractivity contribution in [3.8, 4) is 0 Å². The molecule has 1 N–H and O–H groups in total. The third kappa shape index (κ3) is 4.32. The smallest absolute Gasteiger partial charge is 0.338 e. The summed E-state index contributed by atoms with van der Waals surface area (Å²) in [5, 5.41) is 9.35. The van der Waals surface area contributed by atoms with Crippen LogP contribution in [0.5, 0.6) is 0 Å². The number of hydrogen-bond donors (Lipinski definition) is 1. The Morgan fingerprint density at radius 3 is 2.56 bits per heavy atom. The van der Waals surface area contributed by atoms with Gasteiger partial charge in [-0.05, 0) is 38.0 Å². The van der Waals surface area contributed by atoms with Gasteiger partial charge in [0.25, 0.3) is 0 Å². The van der Waals surface area contributed by atoms with Crippen LogP contribution in [-0.2, 0) is 19.1 Å². The van der Waals surface area contributed by atoms with Crippen molar-refractivity contribution in [3.05, 3.63) is 12.2 Å². The summed E-state index contributed by atoms with van der Waals surface area (Å²) >= 11 is 0. The summed E-state index contributed by atoms with van der Waals surface area (Å²) in [5.41, 5.74) is -1.79. The van der Waals surface area contributed by atoms with Crippen LogP contribution in [0.25, 0.3) is 0 Å². The highest BCUT2D eigenvalue weighted by Gasteiger charge is 2.57. The van der Waals surface area contributed by atoms with Crippen LogP contribution >= 0.6 is 0 Å². The van der Waals surface area contributed by atoms with Crippen molar-refractivity contribution in [2.24, 2.45) is 17.8 Å². The fourth-order valence-corrected chi connectivity index (χ4v) is 3.40. The number of carbonyl (C=O) groups is 2. The molecule has 5 heteroatoms. The topological polar surface area (TPSA) is 72.8 Å². The molecule has 5 atom stereocenters. The molecule has 0 saturated carbocycles. The second-order valence-electron chi connectivity index (χ2n) is 8.35. The number of allylic oxidation sites excluding steroid dienone is 1. The summed E-state index contributed by atoms with van der Waals surface area (Å²) < 4.78 is 11.7. The summed E-state index contributed by atoms with van der Waals surface area (Å²) in [6.45, 7) is 10.4. The Morgan fingerprint density at radius 2 is 1.96 bits per heavy atom. The maximum Gasteiger partial charge on any atom is 0.338 e. The van der Waals surface area contributed by atoms with Crippen molar-refractivity contribution in [2.45, 2.75) is 77.6 Å². The summed E-state index contributed by atoms with van der Waals surface area (Å²) in [7, 11) is 0. The number of ketones is 1. The van der Waals surface area contributed by atoms with Crippen LogP contribution < -0.4 is 0 Å². The minimum Gasteiger partial charge on any atom is -0.479 e. The van der Waals surface area contributed by atoms with E-state index in [1.807, 2.05) is 26.0 Å². The van der Waals surface area contributed by atoms with Gasteiger partial charge in [-0.15, -0.1) is 0 Å². The van der Waals surface area contributed by atoms with E-state index >= 15 is 0 Å². The van der Waals surface area contributed by atoms with Crippen molar-refractivity contribution >= 4 is 11.8 Å². The second kappa shape index (κ2) is 7.58. The molecule has 5 nitrogen and oxygen atoms in total. The second-order valence-corrected chi connectivity index (χ2v) is 8.35. The molecule has 0 radical (unpaired) electrons. The monoisotopic (exact) mass is 352 g/mol. The molecule has 142 valence electrons. The third-order valence-electron chi connectivity index (χ3n) is 5.97. The first-order valence-electron chi connectivity index (χ1n) is 9.35. The predicted molar refractivity (Wildman–Crippen MR) is 95.4 cm³/mol. The standard InChI is InChI=1S/C20H32O5/c1-13(2)15(4)11-16(21)14(3)7-6-9-19(5)17-8-10-20(25-17,12-24-19)18(22)23/h6,9,13-15,17H,7-8,10-12H2,1-5H3,(H,22,23)/b9-6+/t14?,15?,17-,19+,20+/m1/s1. The first-order valence-corrected chi connectivity index (χ1v) is 9.35. The molecule has 2 aliphatic rings. The van der Waals surface area contributed by atoms with E-state index in [1.54, 1.807) is 0 Å². The Hall–Kier alpha value is -1.20. The molecule has 2 fully saturated rings. The number of fused-ring (bicyclic) bond motifs is 2. The lowest BCUT2D eigenvalue weighted by molar-refractivity contribution is -0.228. The van der Waals surface area contributed by atoms with E-state index in [2.05, 4.69) is 20.8 Å². The maximum atomic E-state index is 12.3. The Kier molecular flexibility index (Phi) is 6.10. The van der Waals surface area contributed by atoms with Crippen LogP contribution in [-0.4, -0.2) is 40.8 Å². The lowest BCUT2D eigenvalue weighted by Crippen LogP contribution is -2.54. The molecule has 25 heavy (non-hydrogen) atoms. The molecular formula is C20H32O5. The first-order chi connectivity index (χ1) is 11.6. The highest BCUT2D eigenvalue weighted by atomic mass is 16.6. The molecule has 0 aromatic heterocycles. The van der Waals surface area contributed by atoms with E-state index in [0.717, 1.165) is 0 Å². The summed E-state index contributed by atoms with van der Waals surface area (Å²) in [5.74, 6) is 0.235. The zero-order valence-electron chi connectivity index (χ0n) is 16.1. The van der Waals surface area contributed by atoms with E-state index in [-0.39, 0.29) is 18.6 Å². The molecule has 0 aromatic rings. The third-order valence-corrected chi connectivity index (χ3v) is 5.97. The van der Waals surface area contributed by atoms with Gasteiger partial charge in [0, 0.05) is 12.3 Å². The highest BCUT2D eigenvalue weighted by molar-refractivity contribution is 5.81. The van der Waals surface area contributed by atoms with Gasteiger partial charge in [0.15, 0.2) is 5.60 Å². The maximum absolute atomic E-state index is 12.3. The Labute approximate surface area is 150 Å². The van der Waals surface area contributed by atoms with E-state index < -0.39 is 17.2 Å². The van der Waals surface area contributed by atoms with E-state index in [0.29, 0.717) is 43.3 Å². The van der Waals surface area contributed by atoms with Crippen LogP contribution in [0.3, 0.4) is 0 Å². The quantitative estimate of drug-likeness (QED) is 0.676. The molecule has 2 heterocycles. The molecule has 0 spiro atoms. The molecule has 2 bridgehead atoms. The Balaban J connectivity index is 1.90. The van der Waals surface area contributed by atoms with Gasteiger partial charge in [0.1, 0.15) is 11.4 Å². The molecule has 2 saturated heterocycles. The average Bonchev–Trinajstić information content (AvgIpc) is 2.94. The lowest BCUT2D eigenvalue weighted by Gasteiger charge is -2.40. The number of carboxylic acids is 1. The summed E-state index contributed by atoms with van der Waals surface area (Å²) in [4.78, 5) is 23.7. The van der Waals surface area contributed by atoms with Gasteiger partial charge >= 0.3 is 5.97 Å². The van der Waals surface area contributed by atoms with Crippen molar-refractivity contribution in [1.29, 1.82) is 0 Å². The van der Waals surface area contributed by atoms with Crippen molar-refractivity contribution in [2.75, 3.05) is 6.61 Å². The van der Waals surface area contributed by atoms with Gasteiger partial charge in [-0.1, -0.05) is 39.8 Å². The molecular weight excluding hydrogens is 320 g/mol. The van der Waals surface area contributed by atoms with Gasteiger partial charge in [0.2, 0.25) is 0 Å². The highest BCUT2D eigenvalue weighted by Crippen LogP contribution is 2.43. The number of carbonyl (C=O) groups excluding carboxylic acids is 1. The van der Waals surface area contributed by atoms with Crippen molar-refractivity contribution in [3.63, 3.8) is 0 Å². The molecule has 0 aromatic carbocycles. The van der Waals surface area contributed by atoms with Crippen LogP contribution in [0.4, 0.5) is 0 Å².